The molecular formula is C73H130O6. The molecule has 0 amide bonds. The Balaban J connectivity index is 4.21. The summed E-state index contributed by atoms with van der Waals surface area (Å²) >= 11 is 0. The molecule has 1 unspecified atom stereocenters. The molecule has 0 aromatic heterocycles. The third-order valence-electron chi connectivity index (χ3n) is 15.2. The lowest BCUT2D eigenvalue weighted by Gasteiger charge is -2.18. The summed E-state index contributed by atoms with van der Waals surface area (Å²) in [7, 11) is 0. The Labute approximate surface area is 491 Å². The fraction of sp³-hybridized carbons (Fsp3) is 0.795. The van der Waals surface area contributed by atoms with Gasteiger partial charge in [0.25, 0.3) is 0 Å². The van der Waals surface area contributed by atoms with Crippen molar-refractivity contribution in [3.8, 4) is 0 Å². The van der Waals surface area contributed by atoms with Crippen LogP contribution in [0, 0.1) is 0 Å². The molecule has 0 aliphatic heterocycles. The predicted molar refractivity (Wildman–Crippen MR) is 344 cm³/mol. The van der Waals surface area contributed by atoms with Gasteiger partial charge in [0.2, 0.25) is 0 Å². The highest BCUT2D eigenvalue weighted by atomic mass is 16.6. The third kappa shape index (κ3) is 65.5. The molecule has 6 heteroatoms. The minimum Gasteiger partial charge on any atom is -0.462 e. The van der Waals surface area contributed by atoms with Crippen molar-refractivity contribution in [2.45, 2.75) is 361 Å². The largest absolute Gasteiger partial charge is 0.462 e. The van der Waals surface area contributed by atoms with Gasteiger partial charge in [-0.3, -0.25) is 14.4 Å². The van der Waals surface area contributed by atoms with Gasteiger partial charge in [0.15, 0.2) is 6.10 Å². The molecule has 6 nitrogen and oxygen atoms in total. The molecule has 0 aromatic rings. The number of allylic oxidation sites excluding steroid dienone is 12. The van der Waals surface area contributed by atoms with Crippen LogP contribution in [0.4, 0.5) is 0 Å². The average Bonchev–Trinajstić information content (AvgIpc) is 3.45. The normalized spacial score (nSPS) is 12.5. The molecule has 0 fully saturated rings. The Bertz CT molecular complexity index is 1450. The van der Waals surface area contributed by atoms with Crippen LogP contribution in [-0.4, -0.2) is 37.2 Å². The van der Waals surface area contributed by atoms with Crippen molar-refractivity contribution in [2.24, 2.45) is 0 Å². The van der Waals surface area contributed by atoms with Crippen molar-refractivity contribution in [1.29, 1.82) is 0 Å². The van der Waals surface area contributed by atoms with Gasteiger partial charge in [0, 0.05) is 19.3 Å². The first kappa shape index (κ1) is 75.8. The molecule has 0 aliphatic carbocycles. The van der Waals surface area contributed by atoms with Crippen LogP contribution in [0.2, 0.25) is 0 Å². The Hall–Kier alpha value is -3.15. The molecule has 1 atom stereocenters. The van der Waals surface area contributed by atoms with E-state index in [1.807, 2.05) is 0 Å². The van der Waals surface area contributed by atoms with E-state index < -0.39 is 6.10 Å². The maximum absolute atomic E-state index is 12.9. The highest BCUT2D eigenvalue weighted by molar-refractivity contribution is 5.71. The molecule has 0 heterocycles. The van der Waals surface area contributed by atoms with Crippen molar-refractivity contribution in [1.82, 2.24) is 0 Å². The standard InChI is InChI=1S/C73H130O6/c1-4-7-10-13-16-19-22-25-28-30-31-32-33-34-35-36-37-38-39-40-41-42-43-44-46-48-51-54-57-60-63-66-72(75)78-69-70(68-77-71(74)65-62-59-56-53-50-47-27-24-21-18-15-12-9-6-3)79-73(76)67-64-61-58-55-52-49-45-29-26-23-20-17-14-11-8-5-2/h7,10,16,19,25,28,31-32,34-35,37-38,70H,4-6,8-9,11-15,17-18,20-24,26-27,29-30,33,36,39-69H2,1-3H3/b10-7-,19-16-,28-25-,32-31-,35-34-,38-37-. The molecule has 0 aliphatic rings. The first-order valence-electron chi connectivity index (χ1n) is 34.4. The van der Waals surface area contributed by atoms with Crippen LogP contribution in [-0.2, 0) is 28.6 Å². The van der Waals surface area contributed by atoms with Crippen LogP contribution in [0.25, 0.3) is 0 Å². The van der Waals surface area contributed by atoms with E-state index >= 15 is 0 Å². The van der Waals surface area contributed by atoms with Crippen LogP contribution >= 0.6 is 0 Å². The van der Waals surface area contributed by atoms with Gasteiger partial charge in [-0.05, 0) is 70.6 Å². The number of ether oxygens (including phenoxy) is 3. The summed E-state index contributed by atoms with van der Waals surface area (Å²) in [6.07, 6.45) is 87.8. The van der Waals surface area contributed by atoms with Crippen molar-refractivity contribution in [3.05, 3.63) is 72.9 Å². The first-order valence-corrected chi connectivity index (χ1v) is 34.4. The quantitative estimate of drug-likeness (QED) is 0.0261. The van der Waals surface area contributed by atoms with E-state index in [9.17, 15) is 14.4 Å². The second kappa shape index (κ2) is 67.4. The molecule has 0 rings (SSSR count). The van der Waals surface area contributed by atoms with Crippen molar-refractivity contribution in [3.63, 3.8) is 0 Å². The summed E-state index contributed by atoms with van der Waals surface area (Å²) < 4.78 is 17.0. The summed E-state index contributed by atoms with van der Waals surface area (Å²) in [4.78, 5) is 38.4. The summed E-state index contributed by atoms with van der Waals surface area (Å²) in [5, 5.41) is 0. The number of unbranched alkanes of at least 4 members (excludes halogenated alkanes) is 40. The highest BCUT2D eigenvalue weighted by Crippen LogP contribution is 2.18. The molecule has 458 valence electrons. The van der Waals surface area contributed by atoms with Crippen LogP contribution in [0.15, 0.2) is 72.9 Å². The van der Waals surface area contributed by atoms with Gasteiger partial charge < -0.3 is 14.2 Å². The van der Waals surface area contributed by atoms with Gasteiger partial charge in [0.1, 0.15) is 13.2 Å². The maximum Gasteiger partial charge on any atom is 0.306 e. The van der Waals surface area contributed by atoms with Crippen molar-refractivity contribution in [2.75, 3.05) is 13.2 Å². The second-order valence-electron chi connectivity index (χ2n) is 23.1. The number of rotatable bonds is 63. The molecule has 0 N–H and O–H groups in total. The molecule has 0 radical (unpaired) electrons. The third-order valence-corrected chi connectivity index (χ3v) is 15.2. The van der Waals surface area contributed by atoms with Crippen molar-refractivity contribution < 1.29 is 28.6 Å². The maximum atomic E-state index is 12.9. The van der Waals surface area contributed by atoms with Crippen LogP contribution < -0.4 is 0 Å². The lowest BCUT2D eigenvalue weighted by atomic mass is 10.0. The summed E-state index contributed by atoms with van der Waals surface area (Å²) in [5.41, 5.74) is 0. The second-order valence-corrected chi connectivity index (χ2v) is 23.1. The first-order chi connectivity index (χ1) is 39.0. The molecule has 0 saturated carbocycles. The van der Waals surface area contributed by atoms with Gasteiger partial charge in [-0.15, -0.1) is 0 Å². The zero-order chi connectivity index (χ0) is 57.1. The Morgan fingerprint density at radius 3 is 0.772 bits per heavy atom. The van der Waals surface area contributed by atoms with E-state index in [0.29, 0.717) is 19.3 Å². The van der Waals surface area contributed by atoms with Gasteiger partial charge in [-0.25, -0.2) is 0 Å². The monoisotopic (exact) mass is 1100 g/mol. The summed E-state index contributed by atoms with van der Waals surface area (Å²) in [5.74, 6) is -0.848. The number of hydrogen-bond acceptors (Lipinski definition) is 6. The van der Waals surface area contributed by atoms with Gasteiger partial charge in [0.05, 0.1) is 0 Å². The number of carbonyl (C=O) groups excluding carboxylic acids is 3. The molecular weight excluding hydrogens is 973 g/mol. The topological polar surface area (TPSA) is 78.9 Å². The van der Waals surface area contributed by atoms with Gasteiger partial charge in [-0.1, -0.05) is 338 Å². The minimum absolute atomic E-state index is 0.0690. The zero-order valence-electron chi connectivity index (χ0n) is 52.6. The SMILES string of the molecule is CC/C=C\C/C=C\C/C=C\C/C=C\C/C=C\C/C=C\CCCCCCCCCCCCCCC(=O)OCC(COC(=O)CCCCCCCCCCCCCCCC)OC(=O)CCCCCCCCCCCCCCCCCC. The van der Waals surface area contributed by atoms with E-state index in [0.717, 1.165) is 96.3 Å². The molecule has 79 heavy (non-hydrogen) atoms. The van der Waals surface area contributed by atoms with Crippen LogP contribution in [0.3, 0.4) is 0 Å². The van der Waals surface area contributed by atoms with E-state index in [2.05, 4.69) is 93.7 Å². The Kier molecular flexibility index (Phi) is 64.7. The molecule has 0 bridgehead atoms. The number of esters is 3. The van der Waals surface area contributed by atoms with Gasteiger partial charge in [-0.2, -0.15) is 0 Å². The van der Waals surface area contributed by atoms with E-state index in [-0.39, 0.29) is 31.1 Å². The lowest BCUT2D eigenvalue weighted by molar-refractivity contribution is -0.167. The number of carbonyl (C=O) groups is 3. The minimum atomic E-state index is -0.772. The van der Waals surface area contributed by atoms with E-state index in [1.165, 1.54) is 218 Å². The zero-order valence-corrected chi connectivity index (χ0v) is 52.6. The van der Waals surface area contributed by atoms with E-state index in [4.69, 9.17) is 14.2 Å². The highest BCUT2D eigenvalue weighted by Gasteiger charge is 2.19. The summed E-state index contributed by atoms with van der Waals surface area (Å²) in [6.45, 7) is 6.58. The Morgan fingerprint density at radius 2 is 0.494 bits per heavy atom. The predicted octanol–water partition coefficient (Wildman–Crippen LogP) is 23.7. The van der Waals surface area contributed by atoms with Crippen LogP contribution in [0.1, 0.15) is 355 Å². The molecule has 0 aromatic carbocycles. The average molecular weight is 1100 g/mol. The Morgan fingerprint density at radius 1 is 0.266 bits per heavy atom. The summed E-state index contributed by atoms with van der Waals surface area (Å²) in [6, 6.07) is 0. The molecule has 0 spiro atoms. The van der Waals surface area contributed by atoms with Gasteiger partial charge >= 0.3 is 17.9 Å². The van der Waals surface area contributed by atoms with Crippen molar-refractivity contribution >= 4 is 17.9 Å². The fourth-order valence-corrected chi connectivity index (χ4v) is 10.1. The lowest BCUT2D eigenvalue weighted by Crippen LogP contribution is -2.30. The fourth-order valence-electron chi connectivity index (χ4n) is 10.1. The number of hydrogen-bond donors (Lipinski definition) is 0. The van der Waals surface area contributed by atoms with Crippen LogP contribution in [0.5, 0.6) is 0 Å². The smallest absolute Gasteiger partial charge is 0.306 e. The molecule has 0 saturated heterocycles. The van der Waals surface area contributed by atoms with E-state index in [1.54, 1.807) is 0 Å².